The highest BCUT2D eigenvalue weighted by atomic mass is 15.1. The Hall–Kier alpha value is -0.0800. The van der Waals surface area contributed by atoms with Gasteiger partial charge in [0.2, 0.25) is 0 Å². The zero-order valence-corrected chi connectivity index (χ0v) is 9.63. The van der Waals surface area contributed by atoms with Gasteiger partial charge in [0.05, 0.1) is 0 Å². The molecule has 2 nitrogen and oxygen atoms in total. The van der Waals surface area contributed by atoms with Crippen molar-refractivity contribution in [3.8, 4) is 0 Å². The fourth-order valence-electron chi connectivity index (χ4n) is 2.47. The van der Waals surface area contributed by atoms with Crippen molar-refractivity contribution in [1.29, 1.82) is 0 Å². The number of rotatable bonds is 3. The van der Waals surface area contributed by atoms with Crippen LogP contribution in [0.4, 0.5) is 0 Å². The first-order valence-corrected chi connectivity index (χ1v) is 6.19. The van der Waals surface area contributed by atoms with E-state index >= 15 is 0 Å². The average molecular weight is 196 g/mol. The Kier molecular flexibility index (Phi) is 3.45. The predicted molar refractivity (Wildman–Crippen MR) is 60.4 cm³/mol. The second kappa shape index (κ2) is 4.63. The molecular formula is C12H24N2. The quantitative estimate of drug-likeness (QED) is 0.737. The molecule has 2 atom stereocenters. The molecule has 14 heavy (non-hydrogen) atoms. The molecule has 0 aromatic carbocycles. The summed E-state index contributed by atoms with van der Waals surface area (Å²) in [5, 5.41) is 3.35. The van der Waals surface area contributed by atoms with Crippen molar-refractivity contribution in [2.75, 3.05) is 32.7 Å². The van der Waals surface area contributed by atoms with Crippen LogP contribution in [-0.2, 0) is 0 Å². The summed E-state index contributed by atoms with van der Waals surface area (Å²) in [5.74, 6) is 2.82. The zero-order valence-electron chi connectivity index (χ0n) is 9.63. The topological polar surface area (TPSA) is 15.3 Å². The van der Waals surface area contributed by atoms with Crippen LogP contribution in [-0.4, -0.2) is 37.6 Å². The highest BCUT2D eigenvalue weighted by Crippen LogP contribution is 2.23. The van der Waals surface area contributed by atoms with E-state index in [0.717, 1.165) is 17.8 Å². The van der Waals surface area contributed by atoms with E-state index < -0.39 is 0 Å². The van der Waals surface area contributed by atoms with Crippen LogP contribution >= 0.6 is 0 Å². The number of nitrogens with zero attached hydrogens (tertiary/aromatic N) is 1. The van der Waals surface area contributed by atoms with Gasteiger partial charge in [-0.2, -0.15) is 0 Å². The van der Waals surface area contributed by atoms with Gasteiger partial charge in [-0.1, -0.05) is 13.8 Å². The Morgan fingerprint density at radius 2 is 2.00 bits per heavy atom. The molecule has 2 rings (SSSR count). The minimum absolute atomic E-state index is 0.906. The molecule has 2 aliphatic heterocycles. The zero-order chi connectivity index (χ0) is 9.97. The maximum Gasteiger partial charge on any atom is 0.000957 e. The number of hydrogen-bond donors (Lipinski definition) is 1. The van der Waals surface area contributed by atoms with E-state index in [0.29, 0.717) is 0 Å². The summed E-state index contributed by atoms with van der Waals surface area (Å²) in [7, 11) is 0. The van der Waals surface area contributed by atoms with Gasteiger partial charge in [-0.15, -0.1) is 0 Å². The van der Waals surface area contributed by atoms with Crippen molar-refractivity contribution in [3.05, 3.63) is 0 Å². The van der Waals surface area contributed by atoms with E-state index in [4.69, 9.17) is 0 Å². The van der Waals surface area contributed by atoms with Gasteiger partial charge in [-0.25, -0.2) is 0 Å². The first kappa shape index (κ1) is 10.4. The lowest BCUT2D eigenvalue weighted by Crippen LogP contribution is -2.45. The minimum atomic E-state index is 0.906. The standard InChI is InChI=1S/C12H24N2/c1-10-3-5-14(9-11(10)2)6-4-12-7-13-8-12/h10-13H,3-9H2,1-2H3. The van der Waals surface area contributed by atoms with Crippen molar-refractivity contribution >= 4 is 0 Å². The van der Waals surface area contributed by atoms with Crippen LogP contribution < -0.4 is 5.32 Å². The molecule has 2 aliphatic rings. The summed E-state index contributed by atoms with van der Waals surface area (Å²) in [4.78, 5) is 2.67. The molecule has 0 amide bonds. The van der Waals surface area contributed by atoms with Crippen LogP contribution in [0.1, 0.15) is 26.7 Å². The largest absolute Gasteiger partial charge is 0.316 e. The molecule has 0 aromatic rings. The molecule has 0 saturated carbocycles. The van der Waals surface area contributed by atoms with Crippen LogP contribution in [0.5, 0.6) is 0 Å². The first-order valence-electron chi connectivity index (χ1n) is 6.19. The molecule has 2 fully saturated rings. The summed E-state index contributed by atoms with van der Waals surface area (Å²) < 4.78 is 0. The second-order valence-electron chi connectivity index (χ2n) is 5.36. The molecule has 0 spiro atoms. The highest BCUT2D eigenvalue weighted by Gasteiger charge is 2.24. The molecule has 0 aliphatic carbocycles. The smallest absolute Gasteiger partial charge is 0.000957 e. The molecule has 82 valence electrons. The fourth-order valence-corrected chi connectivity index (χ4v) is 2.47. The molecule has 2 heteroatoms. The number of hydrogen-bond acceptors (Lipinski definition) is 2. The van der Waals surface area contributed by atoms with E-state index in [-0.39, 0.29) is 0 Å². The molecule has 2 saturated heterocycles. The van der Waals surface area contributed by atoms with Gasteiger partial charge >= 0.3 is 0 Å². The summed E-state index contributed by atoms with van der Waals surface area (Å²) in [5.41, 5.74) is 0. The van der Waals surface area contributed by atoms with Crippen molar-refractivity contribution in [1.82, 2.24) is 10.2 Å². The number of nitrogens with one attached hydrogen (secondary N) is 1. The monoisotopic (exact) mass is 196 g/mol. The summed E-state index contributed by atoms with van der Waals surface area (Å²) in [6.45, 7) is 11.3. The molecule has 2 heterocycles. The molecule has 0 aromatic heterocycles. The Morgan fingerprint density at radius 3 is 2.57 bits per heavy atom. The Bertz CT molecular complexity index is 177. The normalized spacial score (nSPS) is 35.6. The van der Waals surface area contributed by atoms with Gasteiger partial charge in [0.15, 0.2) is 0 Å². The third-order valence-electron chi connectivity index (χ3n) is 4.14. The molecule has 2 unspecified atom stereocenters. The molecule has 0 radical (unpaired) electrons. The predicted octanol–water partition coefficient (Wildman–Crippen LogP) is 1.57. The van der Waals surface area contributed by atoms with E-state index in [1.807, 2.05) is 0 Å². The van der Waals surface area contributed by atoms with Gasteiger partial charge in [-0.05, 0) is 56.8 Å². The van der Waals surface area contributed by atoms with Crippen LogP contribution in [0.15, 0.2) is 0 Å². The van der Waals surface area contributed by atoms with Gasteiger partial charge in [0.25, 0.3) is 0 Å². The van der Waals surface area contributed by atoms with Crippen LogP contribution in [0.2, 0.25) is 0 Å². The lowest BCUT2D eigenvalue weighted by molar-refractivity contribution is 0.126. The van der Waals surface area contributed by atoms with E-state index in [1.165, 1.54) is 45.6 Å². The third kappa shape index (κ3) is 2.48. The third-order valence-corrected chi connectivity index (χ3v) is 4.14. The minimum Gasteiger partial charge on any atom is -0.316 e. The van der Waals surface area contributed by atoms with Crippen molar-refractivity contribution in [2.45, 2.75) is 26.7 Å². The fraction of sp³-hybridized carbons (Fsp3) is 1.00. The summed E-state index contributed by atoms with van der Waals surface area (Å²) in [6, 6.07) is 0. The lowest BCUT2D eigenvalue weighted by Gasteiger charge is -2.37. The van der Waals surface area contributed by atoms with E-state index in [1.54, 1.807) is 0 Å². The maximum absolute atomic E-state index is 3.35. The van der Waals surface area contributed by atoms with Gasteiger partial charge < -0.3 is 10.2 Å². The molecule has 1 N–H and O–H groups in total. The molecular weight excluding hydrogens is 172 g/mol. The number of piperidine rings is 1. The van der Waals surface area contributed by atoms with Crippen molar-refractivity contribution < 1.29 is 0 Å². The SMILES string of the molecule is CC1CCN(CCC2CNC2)CC1C. The van der Waals surface area contributed by atoms with Gasteiger partial charge in [0.1, 0.15) is 0 Å². The second-order valence-corrected chi connectivity index (χ2v) is 5.36. The van der Waals surface area contributed by atoms with Crippen molar-refractivity contribution in [3.63, 3.8) is 0 Å². The van der Waals surface area contributed by atoms with E-state index in [9.17, 15) is 0 Å². The lowest BCUT2D eigenvalue weighted by atomic mass is 9.88. The van der Waals surface area contributed by atoms with Crippen molar-refractivity contribution in [2.24, 2.45) is 17.8 Å². The average Bonchev–Trinajstić information content (AvgIpc) is 2.08. The van der Waals surface area contributed by atoms with Crippen LogP contribution in [0.3, 0.4) is 0 Å². The summed E-state index contributed by atoms with van der Waals surface area (Å²) >= 11 is 0. The van der Waals surface area contributed by atoms with E-state index in [2.05, 4.69) is 24.1 Å². The first-order chi connectivity index (χ1) is 6.75. The highest BCUT2D eigenvalue weighted by molar-refractivity contribution is 4.79. The maximum atomic E-state index is 3.35. The van der Waals surface area contributed by atoms with Gasteiger partial charge in [0, 0.05) is 6.54 Å². The summed E-state index contributed by atoms with van der Waals surface area (Å²) in [6.07, 6.45) is 2.82. The number of likely N-dealkylation sites (tertiary alicyclic amines) is 1. The van der Waals surface area contributed by atoms with Crippen LogP contribution in [0.25, 0.3) is 0 Å². The van der Waals surface area contributed by atoms with Gasteiger partial charge in [-0.3, -0.25) is 0 Å². The Morgan fingerprint density at radius 1 is 1.21 bits per heavy atom. The Balaban J connectivity index is 1.65. The molecule has 0 bridgehead atoms. The Labute approximate surface area is 88.1 Å². The van der Waals surface area contributed by atoms with Crippen LogP contribution in [0, 0.1) is 17.8 Å².